The van der Waals surface area contributed by atoms with E-state index in [1.807, 2.05) is 13.8 Å². The van der Waals surface area contributed by atoms with Crippen molar-refractivity contribution in [2.75, 3.05) is 13.4 Å². The van der Waals surface area contributed by atoms with Gasteiger partial charge >= 0.3 is 0 Å². The number of halogens is 4. The van der Waals surface area contributed by atoms with Crippen molar-refractivity contribution in [2.45, 2.75) is 50.2 Å². The molecule has 0 amide bonds. The van der Waals surface area contributed by atoms with Crippen LogP contribution in [0.15, 0.2) is 59.6 Å². The lowest BCUT2D eigenvalue weighted by molar-refractivity contribution is 0.0740. The van der Waals surface area contributed by atoms with Crippen LogP contribution < -0.4 is 0 Å². The van der Waals surface area contributed by atoms with Gasteiger partial charge in [0.25, 0.3) is 0 Å². The first-order chi connectivity index (χ1) is 19.0. The molecule has 0 radical (unpaired) electrons. The van der Waals surface area contributed by atoms with Crippen LogP contribution in [0.1, 0.15) is 50.3 Å². The van der Waals surface area contributed by atoms with Crippen LogP contribution in [0.25, 0.3) is 16.8 Å². The summed E-state index contributed by atoms with van der Waals surface area (Å²) in [5, 5.41) is 11.5. The summed E-state index contributed by atoms with van der Waals surface area (Å²) in [5.74, 6) is -1.10. The SMILES string of the molecule is COCc1c(F)cc(-c2ccc(-n3cc(C(C)(C)O)nc3C(C)(C)c3c(Cl)cccc3Cl)c(F)c2)cc1S(C)(=O)=O. The van der Waals surface area contributed by atoms with Crippen LogP contribution in [0.5, 0.6) is 0 Å². The van der Waals surface area contributed by atoms with Crippen molar-refractivity contribution in [2.24, 2.45) is 0 Å². The van der Waals surface area contributed by atoms with E-state index in [0.29, 0.717) is 27.1 Å². The van der Waals surface area contributed by atoms with E-state index in [-0.39, 0.29) is 33.9 Å². The highest BCUT2D eigenvalue weighted by atomic mass is 35.5. The molecule has 6 nitrogen and oxygen atoms in total. The number of aromatic nitrogens is 2. The molecule has 0 atom stereocenters. The molecule has 41 heavy (non-hydrogen) atoms. The highest BCUT2D eigenvalue weighted by Gasteiger charge is 2.36. The van der Waals surface area contributed by atoms with Gasteiger partial charge in [0.05, 0.1) is 28.3 Å². The zero-order valence-electron chi connectivity index (χ0n) is 23.4. The fourth-order valence-corrected chi connectivity index (χ4v) is 6.60. The maximum Gasteiger partial charge on any atom is 0.176 e. The van der Waals surface area contributed by atoms with Crippen LogP contribution in [0.4, 0.5) is 8.78 Å². The molecule has 0 aliphatic rings. The van der Waals surface area contributed by atoms with Crippen LogP contribution in [-0.4, -0.2) is 36.4 Å². The quantitative estimate of drug-likeness (QED) is 0.224. The lowest BCUT2D eigenvalue weighted by Gasteiger charge is -2.28. The molecule has 1 aromatic heterocycles. The van der Waals surface area contributed by atoms with Gasteiger partial charge in [0, 0.05) is 40.7 Å². The Kier molecular flexibility index (Phi) is 8.44. The maximum atomic E-state index is 15.9. The van der Waals surface area contributed by atoms with Crippen molar-refractivity contribution < 1.29 is 27.0 Å². The first-order valence-corrected chi connectivity index (χ1v) is 15.2. The molecule has 0 aliphatic heterocycles. The second kappa shape index (κ2) is 11.1. The number of hydrogen-bond acceptors (Lipinski definition) is 5. The van der Waals surface area contributed by atoms with E-state index < -0.39 is 32.5 Å². The second-order valence-corrected chi connectivity index (χ2v) is 13.7. The summed E-state index contributed by atoms with van der Waals surface area (Å²) in [5.41, 5.74) is -0.970. The van der Waals surface area contributed by atoms with Crippen molar-refractivity contribution in [1.82, 2.24) is 9.55 Å². The zero-order chi connectivity index (χ0) is 30.5. The number of aliphatic hydroxyl groups is 1. The van der Waals surface area contributed by atoms with Gasteiger partial charge < -0.3 is 9.84 Å². The third kappa shape index (κ3) is 6.05. The van der Waals surface area contributed by atoms with Crippen LogP contribution in [0.2, 0.25) is 10.0 Å². The molecule has 0 saturated carbocycles. The summed E-state index contributed by atoms with van der Waals surface area (Å²) in [4.78, 5) is 4.46. The van der Waals surface area contributed by atoms with E-state index in [1.165, 1.54) is 29.9 Å². The predicted molar refractivity (Wildman–Crippen MR) is 157 cm³/mol. The van der Waals surface area contributed by atoms with Crippen molar-refractivity contribution in [1.29, 1.82) is 0 Å². The number of methoxy groups -OCH3 is 1. The maximum absolute atomic E-state index is 15.9. The topological polar surface area (TPSA) is 81.4 Å². The van der Waals surface area contributed by atoms with Gasteiger partial charge in [-0.15, -0.1) is 0 Å². The minimum atomic E-state index is -3.81. The van der Waals surface area contributed by atoms with Crippen LogP contribution in [0, 0.1) is 11.6 Å². The number of nitrogens with zero attached hydrogens (tertiary/aromatic N) is 2. The molecule has 218 valence electrons. The Balaban J connectivity index is 1.91. The lowest BCUT2D eigenvalue weighted by atomic mass is 9.83. The lowest BCUT2D eigenvalue weighted by Crippen LogP contribution is -2.25. The number of benzene rings is 3. The molecule has 0 aliphatic carbocycles. The van der Waals surface area contributed by atoms with Crippen molar-refractivity contribution in [3.05, 3.63) is 99.1 Å². The molecular formula is C30H30Cl2F2N2O4S. The van der Waals surface area contributed by atoms with E-state index >= 15 is 4.39 Å². The number of sulfone groups is 1. The molecule has 0 unspecified atom stereocenters. The van der Waals surface area contributed by atoms with Crippen molar-refractivity contribution in [3.63, 3.8) is 0 Å². The highest BCUT2D eigenvalue weighted by Crippen LogP contribution is 2.42. The van der Waals surface area contributed by atoms with Gasteiger partial charge in [-0.05, 0) is 75.2 Å². The molecule has 0 saturated heterocycles. The van der Waals surface area contributed by atoms with E-state index in [4.69, 9.17) is 27.9 Å². The molecule has 1 N–H and O–H groups in total. The monoisotopic (exact) mass is 622 g/mol. The van der Waals surface area contributed by atoms with Crippen LogP contribution >= 0.6 is 23.2 Å². The summed E-state index contributed by atoms with van der Waals surface area (Å²) < 4.78 is 62.2. The summed E-state index contributed by atoms with van der Waals surface area (Å²) in [6.45, 7) is 6.59. The largest absolute Gasteiger partial charge is 0.384 e. The Bertz CT molecular complexity index is 1730. The standard InChI is InChI=1S/C30H30Cl2F2N2O4S/c1-29(2,27-20(31)8-7-9-21(27)32)28-35-26(30(3,4)37)15-36(28)24-11-10-17(12-23(24)34)18-13-22(33)19(16-40-5)25(14-18)41(6,38)39/h7-15,37H,16H2,1-6H3. The van der Waals surface area contributed by atoms with Gasteiger partial charge in [-0.2, -0.15) is 0 Å². The Morgan fingerprint density at radius 1 is 0.976 bits per heavy atom. The summed E-state index contributed by atoms with van der Waals surface area (Å²) in [6.07, 6.45) is 2.52. The minimum absolute atomic E-state index is 0.0986. The van der Waals surface area contributed by atoms with Crippen LogP contribution in [0.3, 0.4) is 0 Å². The second-order valence-electron chi connectivity index (χ2n) is 10.9. The van der Waals surface area contributed by atoms with Gasteiger partial charge in [0.15, 0.2) is 9.84 Å². The van der Waals surface area contributed by atoms with Gasteiger partial charge in [-0.3, -0.25) is 4.57 Å². The molecule has 4 aromatic rings. The summed E-state index contributed by atoms with van der Waals surface area (Å²) in [7, 11) is -2.47. The normalized spacial score (nSPS) is 12.7. The number of hydrogen-bond donors (Lipinski definition) is 1. The van der Waals surface area contributed by atoms with E-state index in [1.54, 1.807) is 44.3 Å². The molecule has 0 bridgehead atoms. The third-order valence-corrected chi connectivity index (χ3v) is 8.66. The molecule has 3 aromatic carbocycles. The van der Waals surface area contributed by atoms with Gasteiger partial charge in [0.1, 0.15) is 23.1 Å². The smallest absolute Gasteiger partial charge is 0.176 e. The minimum Gasteiger partial charge on any atom is -0.384 e. The summed E-state index contributed by atoms with van der Waals surface area (Å²) >= 11 is 13.1. The molecule has 1 heterocycles. The van der Waals surface area contributed by atoms with E-state index in [9.17, 15) is 17.9 Å². The number of rotatable bonds is 8. The predicted octanol–water partition coefficient (Wildman–Crippen LogP) is 7.23. The first kappa shape index (κ1) is 31.1. The zero-order valence-corrected chi connectivity index (χ0v) is 25.7. The fraction of sp³-hybridized carbons (Fsp3) is 0.300. The van der Waals surface area contributed by atoms with Gasteiger partial charge in [-0.1, -0.05) is 35.3 Å². The molecule has 0 spiro atoms. The number of imidazole rings is 1. The van der Waals surface area contributed by atoms with E-state index in [2.05, 4.69) is 4.98 Å². The molecule has 11 heteroatoms. The Morgan fingerprint density at radius 3 is 2.12 bits per heavy atom. The van der Waals surface area contributed by atoms with Gasteiger partial charge in [0.2, 0.25) is 0 Å². The Hall–Kier alpha value is -2.82. The van der Waals surface area contributed by atoms with Gasteiger partial charge in [-0.25, -0.2) is 22.2 Å². The summed E-state index contributed by atoms with van der Waals surface area (Å²) in [6, 6.07) is 11.8. The molecular weight excluding hydrogens is 593 g/mol. The van der Waals surface area contributed by atoms with Crippen LogP contribution in [-0.2, 0) is 32.2 Å². The fourth-order valence-electron chi connectivity index (χ4n) is 4.78. The first-order valence-electron chi connectivity index (χ1n) is 12.6. The average molecular weight is 624 g/mol. The third-order valence-electron chi connectivity index (χ3n) is 6.86. The Labute approximate surface area is 248 Å². The molecule has 0 fully saturated rings. The van der Waals surface area contributed by atoms with Crippen molar-refractivity contribution in [3.8, 4) is 16.8 Å². The van der Waals surface area contributed by atoms with Crippen molar-refractivity contribution >= 4 is 33.0 Å². The highest BCUT2D eigenvalue weighted by molar-refractivity contribution is 7.90. The number of ether oxygens (including phenoxy) is 1. The Morgan fingerprint density at radius 2 is 1.59 bits per heavy atom. The van der Waals surface area contributed by atoms with E-state index in [0.717, 1.165) is 12.3 Å². The molecule has 4 rings (SSSR count). The average Bonchev–Trinajstić information content (AvgIpc) is 3.31.